The summed E-state index contributed by atoms with van der Waals surface area (Å²) in [5.74, 6) is 0.431. The Morgan fingerprint density at radius 3 is 2.36 bits per heavy atom. The molecule has 7 heteroatoms. The van der Waals surface area contributed by atoms with Crippen LogP contribution in [0.5, 0.6) is 11.5 Å². The van der Waals surface area contributed by atoms with E-state index in [0.29, 0.717) is 5.65 Å². The highest BCUT2D eigenvalue weighted by Gasteiger charge is 2.34. The molecule has 0 bridgehead atoms. The van der Waals surface area contributed by atoms with Crippen LogP contribution >= 0.6 is 0 Å². The summed E-state index contributed by atoms with van der Waals surface area (Å²) in [5, 5.41) is 9.46. The van der Waals surface area contributed by atoms with E-state index in [2.05, 4.69) is 4.98 Å². The van der Waals surface area contributed by atoms with Crippen molar-refractivity contribution in [3.63, 3.8) is 0 Å². The fourth-order valence-corrected chi connectivity index (χ4v) is 3.83. The molecule has 25 heavy (non-hydrogen) atoms. The Balaban J connectivity index is 2.29. The smallest absolute Gasteiger partial charge is 0.188 e. The van der Waals surface area contributed by atoms with Crippen molar-refractivity contribution in [1.82, 2.24) is 9.38 Å². The molecular weight excluding hydrogens is 340 g/mol. The first-order valence-corrected chi connectivity index (χ1v) is 9.22. The number of ether oxygens (including phenoxy) is 1. The first-order valence-electron chi connectivity index (χ1n) is 7.74. The fourth-order valence-electron chi connectivity index (χ4n) is 2.52. The van der Waals surface area contributed by atoms with E-state index >= 15 is 0 Å². The van der Waals surface area contributed by atoms with E-state index in [4.69, 9.17) is 4.74 Å². The second-order valence-electron chi connectivity index (χ2n) is 6.74. The van der Waals surface area contributed by atoms with E-state index in [0.717, 1.165) is 11.3 Å². The third-order valence-electron chi connectivity index (χ3n) is 4.05. The Bertz CT molecular complexity index is 1030. The van der Waals surface area contributed by atoms with Crippen LogP contribution in [0.4, 0.5) is 0 Å². The molecule has 0 atom stereocenters. The third-order valence-corrected chi connectivity index (χ3v) is 6.55. The number of aromatic hydroxyl groups is 1. The molecule has 0 saturated heterocycles. The highest BCUT2D eigenvalue weighted by atomic mass is 32.2. The SMILES string of the molecule is COc1cc2ncc(-c3ccc(O)cc3)n2cc1S(=O)(=O)C(C)(C)C. The maximum atomic E-state index is 12.9. The van der Waals surface area contributed by atoms with Gasteiger partial charge in [0.15, 0.2) is 9.84 Å². The van der Waals surface area contributed by atoms with Crippen LogP contribution in [-0.2, 0) is 9.84 Å². The van der Waals surface area contributed by atoms with Gasteiger partial charge in [0.25, 0.3) is 0 Å². The molecule has 0 aliphatic rings. The van der Waals surface area contributed by atoms with Gasteiger partial charge < -0.3 is 9.84 Å². The summed E-state index contributed by atoms with van der Waals surface area (Å²) in [7, 11) is -2.17. The molecule has 0 spiro atoms. The Hall–Kier alpha value is -2.54. The van der Waals surface area contributed by atoms with Crippen molar-refractivity contribution in [3.05, 3.63) is 42.7 Å². The lowest BCUT2D eigenvalue weighted by Gasteiger charge is -2.21. The summed E-state index contributed by atoms with van der Waals surface area (Å²) >= 11 is 0. The standard InChI is InChI=1S/C18H20N2O4S/c1-18(2,3)25(22,23)16-11-20-14(12-5-7-13(21)8-6-12)10-19-17(20)9-15(16)24-4/h5-11,21H,1-4H3. The van der Waals surface area contributed by atoms with Crippen molar-refractivity contribution in [2.45, 2.75) is 30.4 Å². The van der Waals surface area contributed by atoms with Crippen LogP contribution in [0.3, 0.4) is 0 Å². The zero-order chi connectivity index (χ0) is 18.4. The lowest BCUT2D eigenvalue weighted by Crippen LogP contribution is -2.28. The van der Waals surface area contributed by atoms with Crippen molar-refractivity contribution in [2.24, 2.45) is 0 Å². The molecule has 3 aromatic rings. The fraction of sp³-hybridized carbons (Fsp3) is 0.278. The monoisotopic (exact) mass is 360 g/mol. The summed E-state index contributed by atoms with van der Waals surface area (Å²) in [4.78, 5) is 4.46. The minimum absolute atomic E-state index is 0.119. The zero-order valence-electron chi connectivity index (χ0n) is 14.5. The molecule has 6 nitrogen and oxygen atoms in total. The first-order chi connectivity index (χ1) is 11.6. The number of phenolic OH excluding ortho intramolecular Hbond substituents is 1. The molecule has 0 unspecified atom stereocenters. The number of methoxy groups -OCH3 is 1. The molecule has 1 N–H and O–H groups in total. The predicted octanol–water partition coefficient (Wildman–Crippen LogP) is 3.29. The number of rotatable bonds is 3. The highest BCUT2D eigenvalue weighted by Crippen LogP contribution is 2.34. The van der Waals surface area contributed by atoms with Gasteiger partial charge in [0, 0.05) is 17.8 Å². The molecular formula is C18H20N2O4S. The van der Waals surface area contributed by atoms with Gasteiger partial charge in [0.1, 0.15) is 22.0 Å². The maximum Gasteiger partial charge on any atom is 0.188 e. The van der Waals surface area contributed by atoms with Crippen molar-refractivity contribution >= 4 is 15.5 Å². The van der Waals surface area contributed by atoms with Gasteiger partial charge in [-0.1, -0.05) is 0 Å². The summed E-state index contributed by atoms with van der Waals surface area (Å²) < 4.78 is 31.9. The zero-order valence-corrected chi connectivity index (χ0v) is 15.3. The molecule has 3 rings (SSSR count). The number of aromatic nitrogens is 2. The van der Waals surface area contributed by atoms with Gasteiger partial charge in [-0.25, -0.2) is 13.4 Å². The van der Waals surface area contributed by atoms with Crippen molar-refractivity contribution in [1.29, 1.82) is 0 Å². The van der Waals surface area contributed by atoms with E-state index in [1.54, 1.807) is 67.9 Å². The molecule has 1 aromatic carbocycles. The van der Waals surface area contributed by atoms with Gasteiger partial charge in [-0.3, -0.25) is 4.40 Å². The van der Waals surface area contributed by atoms with Crippen LogP contribution in [0, 0.1) is 0 Å². The summed E-state index contributed by atoms with van der Waals surface area (Å²) in [6, 6.07) is 8.26. The van der Waals surface area contributed by atoms with E-state index in [9.17, 15) is 13.5 Å². The molecule has 0 fully saturated rings. The summed E-state index contributed by atoms with van der Waals surface area (Å²) in [6.07, 6.45) is 3.21. The quantitative estimate of drug-likeness (QED) is 0.775. The van der Waals surface area contributed by atoms with Crippen molar-refractivity contribution < 1.29 is 18.3 Å². The van der Waals surface area contributed by atoms with Crippen LogP contribution in [0.25, 0.3) is 16.9 Å². The highest BCUT2D eigenvalue weighted by molar-refractivity contribution is 7.92. The maximum absolute atomic E-state index is 12.9. The summed E-state index contributed by atoms with van der Waals surface area (Å²) in [6.45, 7) is 4.96. The number of benzene rings is 1. The Morgan fingerprint density at radius 2 is 1.80 bits per heavy atom. The molecule has 0 aliphatic carbocycles. The molecule has 0 radical (unpaired) electrons. The van der Waals surface area contributed by atoms with Crippen LogP contribution in [0.1, 0.15) is 20.8 Å². The van der Waals surface area contributed by atoms with Gasteiger partial charge in [0.2, 0.25) is 0 Å². The van der Waals surface area contributed by atoms with E-state index in [1.807, 2.05) is 0 Å². The van der Waals surface area contributed by atoms with E-state index < -0.39 is 14.6 Å². The minimum atomic E-state index is -3.61. The second-order valence-corrected chi connectivity index (χ2v) is 9.41. The number of fused-ring (bicyclic) bond motifs is 1. The Morgan fingerprint density at radius 1 is 1.16 bits per heavy atom. The second kappa shape index (κ2) is 5.77. The van der Waals surface area contributed by atoms with E-state index in [1.165, 1.54) is 7.11 Å². The Kier molecular flexibility index (Phi) is 3.99. The molecule has 0 amide bonds. The van der Waals surface area contributed by atoms with Crippen LogP contribution in [-0.4, -0.2) is 34.8 Å². The molecule has 2 aromatic heterocycles. The first kappa shape index (κ1) is 17.3. The van der Waals surface area contributed by atoms with Crippen molar-refractivity contribution in [3.8, 4) is 22.8 Å². The number of imidazole rings is 1. The average Bonchev–Trinajstić information content (AvgIpc) is 2.96. The van der Waals surface area contributed by atoms with Gasteiger partial charge >= 0.3 is 0 Å². The average molecular weight is 360 g/mol. The van der Waals surface area contributed by atoms with Gasteiger partial charge in [-0.05, 0) is 45.0 Å². The van der Waals surface area contributed by atoms with Gasteiger partial charge in [-0.15, -0.1) is 0 Å². The summed E-state index contributed by atoms with van der Waals surface area (Å²) in [5.41, 5.74) is 2.12. The predicted molar refractivity (Wildman–Crippen MR) is 95.8 cm³/mol. The molecule has 2 heterocycles. The molecule has 0 aliphatic heterocycles. The van der Waals surface area contributed by atoms with E-state index in [-0.39, 0.29) is 16.4 Å². The number of phenols is 1. The topological polar surface area (TPSA) is 80.9 Å². The van der Waals surface area contributed by atoms with Crippen molar-refractivity contribution in [2.75, 3.05) is 7.11 Å². The number of hydrogen-bond acceptors (Lipinski definition) is 5. The lowest BCUT2D eigenvalue weighted by molar-refractivity contribution is 0.401. The lowest BCUT2D eigenvalue weighted by atomic mass is 10.1. The normalized spacial score (nSPS) is 12.5. The van der Waals surface area contributed by atoms with Gasteiger partial charge in [-0.2, -0.15) is 0 Å². The third kappa shape index (κ3) is 2.84. The number of pyridine rings is 1. The number of nitrogens with zero attached hydrogens (tertiary/aromatic N) is 2. The molecule has 0 saturated carbocycles. The van der Waals surface area contributed by atoms with Crippen LogP contribution in [0.2, 0.25) is 0 Å². The largest absolute Gasteiger partial charge is 0.508 e. The molecule has 132 valence electrons. The van der Waals surface area contributed by atoms with Crippen LogP contribution in [0.15, 0.2) is 47.6 Å². The van der Waals surface area contributed by atoms with Gasteiger partial charge in [0.05, 0.1) is 23.7 Å². The Labute approximate surface area is 146 Å². The number of sulfone groups is 1. The number of hydrogen-bond donors (Lipinski definition) is 1. The minimum Gasteiger partial charge on any atom is -0.508 e. The van der Waals surface area contributed by atoms with Crippen LogP contribution < -0.4 is 4.74 Å².